The Bertz CT molecular complexity index is 446. The van der Waals surface area contributed by atoms with E-state index in [-0.39, 0.29) is 18.0 Å². The maximum absolute atomic E-state index is 14.0. The molecule has 18 heavy (non-hydrogen) atoms. The lowest BCUT2D eigenvalue weighted by molar-refractivity contribution is -0.125. The van der Waals surface area contributed by atoms with Gasteiger partial charge in [-0.15, -0.1) is 0 Å². The minimum atomic E-state index is -0.971. The van der Waals surface area contributed by atoms with Crippen molar-refractivity contribution in [3.63, 3.8) is 0 Å². The number of carbonyl (C=O) groups excluding carboxylic acids is 1. The lowest BCUT2D eigenvalue weighted by Gasteiger charge is -2.31. The highest BCUT2D eigenvalue weighted by Gasteiger charge is 2.33. The fourth-order valence-corrected chi connectivity index (χ4v) is 2.38. The van der Waals surface area contributed by atoms with Crippen LogP contribution in [0.15, 0.2) is 18.2 Å². The molecule has 0 heterocycles. The molecule has 1 fully saturated rings. The van der Waals surface area contributed by atoms with E-state index in [1.807, 2.05) is 0 Å². The van der Waals surface area contributed by atoms with Crippen molar-refractivity contribution in [3.05, 3.63) is 29.6 Å². The zero-order valence-corrected chi connectivity index (χ0v) is 10.4. The van der Waals surface area contributed by atoms with Crippen LogP contribution in [0.4, 0.5) is 4.39 Å². The SMILES string of the molecule is COc1cccc(CC2(O)CCC(=O)CC2)c1F. The van der Waals surface area contributed by atoms with Crippen LogP contribution in [-0.2, 0) is 11.2 Å². The second kappa shape index (κ2) is 5.06. The van der Waals surface area contributed by atoms with Gasteiger partial charge in [0.2, 0.25) is 0 Å². The topological polar surface area (TPSA) is 46.5 Å². The first kappa shape index (κ1) is 13.0. The Kier molecular flexibility index (Phi) is 3.66. The average Bonchev–Trinajstić information content (AvgIpc) is 2.36. The summed E-state index contributed by atoms with van der Waals surface area (Å²) in [6.07, 6.45) is 1.79. The third-order valence-electron chi connectivity index (χ3n) is 3.52. The normalized spacial score (nSPS) is 18.7. The number of hydrogen-bond donors (Lipinski definition) is 1. The molecule has 4 heteroatoms. The molecule has 0 unspecified atom stereocenters. The Hall–Kier alpha value is -1.42. The molecule has 0 saturated heterocycles. The minimum absolute atomic E-state index is 0.172. The number of halogens is 1. The molecule has 1 saturated carbocycles. The van der Waals surface area contributed by atoms with Crippen LogP contribution in [-0.4, -0.2) is 23.6 Å². The first-order valence-corrected chi connectivity index (χ1v) is 6.09. The zero-order chi connectivity index (χ0) is 13.2. The van der Waals surface area contributed by atoms with E-state index in [0.717, 1.165) is 0 Å². The standard InChI is InChI=1S/C14H17FO3/c1-18-12-4-2-3-10(13(12)15)9-14(17)7-5-11(16)6-8-14/h2-4,17H,5-9H2,1H3. The summed E-state index contributed by atoms with van der Waals surface area (Å²) >= 11 is 0. The molecule has 1 aliphatic carbocycles. The van der Waals surface area contributed by atoms with Crippen molar-refractivity contribution in [1.29, 1.82) is 0 Å². The first-order chi connectivity index (χ1) is 8.54. The highest BCUT2D eigenvalue weighted by molar-refractivity contribution is 5.79. The molecule has 0 spiro atoms. The molecular weight excluding hydrogens is 235 g/mol. The van der Waals surface area contributed by atoms with Gasteiger partial charge in [-0.1, -0.05) is 12.1 Å². The average molecular weight is 252 g/mol. The molecule has 1 aromatic rings. The molecule has 0 aliphatic heterocycles. The number of ether oxygens (including phenoxy) is 1. The van der Waals surface area contributed by atoms with Gasteiger partial charge in [-0.05, 0) is 24.5 Å². The second-order valence-electron chi connectivity index (χ2n) is 4.87. The Morgan fingerprint density at radius 2 is 2.06 bits per heavy atom. The molecule has 98 valence electrons. The van der Waals surface area contributed by atoms with Gasteiger partial charge >= 0.3 is 0 Å². The van der Waals surface area contributed by atoms with Crippen molar-refractivity contribution < 1.29 is 19.0 Å². The van der Waals surface area contributed by atoms with Gasteiger partial charge in [0.15, 0.2) is 11.6 Å². The maximum Gasteiger partial charge on any atom is 0.168 e. The predicted octanol–water partition coefficient (Wildman–Crippen LogP) is 2.25. The van der Waals surface area contributed by atoms with Crippen LogP contribution in [0, 0.1) is 5.82 Å². The zero-order valence-electron chi connectivity index (χ0n) is 10.4. The number of rotatable bonds is 3. The maximum atomic E-state index is 14.0. The monoisotopic (exact) mass is 252 g/mol. The van der Waals surface area contributed by atoms with Gasteiger partial charge in [0, 0.05) is 19.3 Å². The van der Waals surface area contributed by atoms with Crippen molar-refractivity contribution in [2.45, 2.75) is 37.7 Å². The van der Waals surface area contributed by atoms with Gasteiger partial charge in [0.05, 0.1) is 12.7 Å². The van der Waals surface area contributed by atoms with Crippen LogP contribution in [0.2, 0.25) is 0 Å². The second-order valence-corrected chi connectivity index (χ2v) is 4.87. The molecule has 0 atom stereocenters. The molecule has 0 bridgehead atoms. The molecule has 1 aliphatic rings. The van der Waals surface area contributed by atoms with Gasteiger partial charge in [0.1, 0.15) is 5.78 Å². The highest BCUT2D eigenvalue weighted by atomic mass is 19.1. The number of aliphatic hydroxyl groups is 1. The summed E-state index contributed by atoms with van der Waals surface area (Å²) in [5, 5.41) is 10.4. The van der Waals surface area contributed by atoms with Gasteiger partial charge in [-0.25, -0.2) is 4.39 Å². The number of methoxy groups -OCH3 is 1. The molecule has 0 aromatic heterocycles. The Morgan fingerprint density at radius 1 is 1.39 bits per heavy atom. The minimum Gasteiger partial charge on any atom is -0.494 e. The van der Waals surface area contributed by atoms with E-state index in [4.69, 9.17) is 4.74 Å². The van der Waals surface area contributed by atoms with Crippen LogP contribution in [0.1, 0.15) is 31.2 Å². The number of ketones is 1. The third-order valence-corrected chi connectivity index (χ3v) is 3.52. The van der Waals surface area contributed by atoms with Crippen molar-refractivity contribution in [1.82, 2.24) is 0 Å². The number of carbonyl (C=O) groups is 1. The van der Waals surface area contributed by atoms with Crippen molar-refractivity contribution >= 4 is 5.78 Å². The van der Waals surface area contributed by atoms with E-state index in [1.165, 1.54) is 7.11 Å². The summed E-state index contributed by atoms with van der Waals surface area (Å²) in [4.78, 5) is 11.2. The van der Waals surface area contributed by atoms with E-state index in [1.54, 1.807) is 18.2 Å². The fourth-order valence-electron chi connectivity index (χ4n) is 2.38. The summed E-state index contributed by atoms with van der Waals surface area (Å²) in [5.41, 5.74) is -0.535. The number of hydrogen-bond acceptors (Lipinski definition) is 3. The van der Waals surface area contributed by atoms with E-state index < -0.39 is 11.4 Å². The quantitative estimate of drug-likeness (QED) is 0.897. The van der Waals surface area contributed by atoms with Crippen LogP contribution in [0.25, 0.3) is 0 Å². The summed E-state index contributed by atoms with van der Waals surface area (Å²) in [6, 6.07) is 4.90. The molecular formula is C14H17FO3. The van der Waals surface area contributed by atoms with Gasteiger partial charge < -0.3 is 9.84 Å². The van der Waals surface area contributed by atoms with Crippen molar-refractivity contribution in [2.24, 2.45) is 0 Å². The van der Waals surface area contributed by atoms with E-state index in [2.05, 4.69) is 0 Å². The molecule has 3 nitrogen and oxygen atoms in total. The number of Topliss-reactive ketones (excluding diaryl/α,β-unsaturated/α-hetero) is 1. The molecule has 1 N–H and O–H groups in total. The summed E-state index contributed by atoms with van der Waals surface area (Å²) in [7, 11) is 1.41. The third kappa shape index (κ3) is 2.70. The van der Waals surface area contributed by atoms with Crippen molar-refractivity contribution in [3.8, 4) is 5.75 Å². The lowest BCUT2D eigenvalue weighted by Crippen LogP contribution is -2.36. The summed E-state index contributed by atoms with van der Waals surface area (Å²) in [6.45, 7) is 0. The summed E-state index contributed by atoms with van der Waals surface area (Å²) < 4.78 is 18.9. The van der Waals surface area contributed by atoms with E-state index >= 15 is 0 Å². The Morgan fingerprint density at radius 3 is 2.67 bits per heavy atom. The fraction of sp³-hybridized carbons (Fsp3) is 0.500. The van der Waals surface area contributed by atoms with Gasteiger partial charge in [0.25, 0.3) is 0 Å². The molecule has 2 rings (SSSR count). The van der Waals surface area contributed by atoms with Crippen molar-refractivity contribution in [2.75, 3.05) is 7.11 Å². The van der Waals surface area contributed by atoms with Crippen LogP contribution >= 0.6 is 0 Å². The van der Waals surface area contributed by atoms with E-state index in [0.29, 0.717) is 31.2 Å². The molecule has 0 amide bonds. The Balaban J connectivity index is 2.16. The van der Waals surface area contributed by atoms with Gasteiger partial charge in [-0.2, -0.15) is 0 Å². The first-order valence-electron chi connectivity index (χ1n) is 6.09. The highest BCUT2D eigenvalue weighted by Crippen LogP contribution is 2.32. The smallest absolute Gasteiger partial charge is 0.168 e. The molecule has 1 aromatic carbocycles. The van der Waals surface area contributed by atoms with E-state index in [9.17, 15) is 14.3 Å². The predicted molar refractivity (Wildman–Crippen MR) is 65.1 cm³/mol. The van der Waals surface area contributed by atoms with Gasteiger partial charge in [-0.3, -0.25) is 4.79 Å². The molecule has 0 radical (unpaired) electrons. The number of benzene rings is 1. The lowest BCUT2D eigenvalue weighted by atomic mass is 9.80. The largest absolute Gasteiger partial charge is 0.494 e. The van der Waals surface area contributed by atoms with Crippen LogP contribution in [0.5, 0.6) is 5.75 Å². The summed E-state index contributed by atoms with van der Waals surface area (Å²) in [5.74, 6) is -0.0703. The van der Waals surface area contributed by atoms with Crippen LogP contribution < -0.4 is 4.74 Å². The Labute approximate surface area is 106 Å². The van der Waals surface area contributed by atoms with Crippen LogP contribution in [0.3, 0.4) is 0 Å².